The lowest BCUT2D eigenvalue weighted by atomic mass is 10.1. The van der Waals surface area contributed by atoms with E-state index in [1.54, 1.807) is 4.52 Å². The lowest BCUT2D eigenvalue weighted by Crippen LogP contribution is -1.98. The molecule has 0 unspecified atom stereocenters. The van der Waals surface area contributed by atoms with Crippen molar-refractivity contribution in [1.29, 1.82) is 0 Å². The van der Waals surface area contributed by atoms with Crippen LogP contribution in [0.15, 0.2) is 30.3 Å². The van der Waals surface area contributed by atoms with Crippen LogP contribution in [0.3, 0.4) is 0 Å². The minimum atomic E-state index is 0.719. The number of aromatic nitrogens is 4. The van der Waals surface area contributed by atoms with Gasteiger partial charge >= 0.3 is 0 Å². The highest BCUT2D eigenvalue weighted by Crippen LogP contribution is 2.21. The Balaban J connectivity index is 2.23. The van der Waals surface area contributed by atoms with Crippen molar-refractivity contribution in [2.24, 2.45) is 0 Å². The first kappa shape index (κ1) is 11.2. The normalized spacial score (nSPS) is 11.1. The van der Waals surface area contributed by atoms with E-state index >= 15 is 0 Å². The zero-order valence-corrected chi connectivity index (χ0v) is 10.8. The summed E-state index contributed by atoms with van der Waals surface area (Å²) in [6.07, 6.45) is 0. The number of benzene rings is 1. The fraction of sp³-hybridized carbons (Fsp3) is 0.154. The molecule has 4 nitrogen and oxygen atoms in total. The van der Waals surface area contributed by atoms with Crippen LogP contribution in [-0.2, 0) is 0 Å². The molecule has 0 saturated carbocycles. The van der Waals surface area contributed by atoms with Crippen LogP contribution in [0.25, 0.3) is 16.9 Å². The van der Waals surface area contributed by atoms with Crippen molar-refractivity contribution < 1.29 is 0 Å². The Morgan fingerprint density at radius 1 is 1.06 bits per heavy atom. The number of hydrogen-bond acceptors (Lipinski definition) is 3. The van der Waals surface area contributed by atoms with Crippen LogP contribution in [0, 0.1) is 13.8 Å². The Morgan fingerprint density at radius 2 is 1.78 bits per heavy atom. The van der Waals surface area contributed by atoms with Crippen LogP contribution in [-0.4, -0.2) is 19.8 Å². The molecule has 18 heavy (non-hydrogen) atoms. The van der Waals surface area contributed by atoms with Crippen LogP contribution >= 0.6 is 11.6 Å². The topological polar surface area (TPSA) is 43.1 Å². The van der Waals surface area contributed by atoms with Crippen molar-refractivity contribution in [3.63, 3.8) is 0 Å². The maximum atomic E-state index is 5.89. The summed E-state index contributed by atoms with van der Waals surface area (Å²) in [6, 6.07) is 9.63. The van der Waals surface area contributed by atoms with Gasteiger partial charge in [-0.3, -0.25) is 0 Å². The molecule has 3 rings (SSSR count). The van der Waals surface area contributed by atoms with E-state index in [-0.39, 0.29) is 0 Å². The van der Waals surface area contributed by atoms with Crippen molar-refractivity contribution in [1.82, 2.24) is 19.8 Å². The predicted molar refractivity (Wildman–Crippen MR) is 70.7 cm³/mol. The summed E-state index contributed by atoms with van der Waals surface area (Å²) in [7, 11) is 0. The second kappa shape index (κ2) is 4.07. The zero-order valence-electron chi connectivity index (χ0n) is 10.1. The molecule has 90 valence electrons. The van der Waals surface area contributed by atoms with E-state index < -0.39 is 0 Å². The summed E-state index contributed by atoms with van der Waals surface area (Å²) in [5.74, 6) is 0.781. The smallest absolute Gasteiger partial charge is 0.180 e. The van der Waals surface area contributed by atoms with Gasteiger partial charge in [-0.1, -0.05) is 23.7 Å². The summed E-state index contributed by atoms with van der Waals surface area (Å²) in [5, 5.41) is 13.4. The fourth-order valence-electron chi connectivity index (χ4n) is 1.89. The predicted octanol–water partition coefficient (Wildman–Crippen LogP) is 3.06. The van der Waals surface area contributed by atoms with E-state index in [1.807, 2.05) is 44.2 Å². The number of halogens is 1. The molecule has 0 aliphatic carbocycles. The van der Waals surface area contributed by atoms with Crippen LogP contribution < -0.4 is 0 Å². The Labute approximate surface area is 109 Å². The highest BCUT2D eigenvalue weighted by atomic mass is 35.5. The van der Waals surface area contributed by atoms with E-state index in [2.05, 4.69) is 15.3 Å². The number of nitrogens with zero attached hydrogens (tertiary/aromatic N) is 4. The van der Waals surface area contributed by atoms with E-state index in [4.69, 9.17) is 11.6 Å². The Bertz CT molecular complexity index is 716. The van der Waals surface area contributed by atoms with Crippen LogP contribution in [0.4, 0.5) is 0 Å². The Morgan fingerprint density at radius 3 is 2.50 bits per heavy atom. The monoisotopic (exact) mass is 258 g/mol. The minimum Gasteiger partial charge on any atom is -0.197 e. The molecule has 2 heterocycles. The SMILES string of the molecule is Cc1cc(-c2ccc(Cl)cc2)nn2c(C)nnc12. The van der Waals surface area contributed by atoms with E-state index in [1.165, 1.54) is 0 Å². The largest absolute Gasteiger partial charge is 0.197 e. The van der Waals surface area contributed by atoms with Gasteiger partial charge in [0.1, 0.15) is 0 Å². The minimum absolute atomic E-state index is 0.719. The first-order chi connectivity index (χ1) is 8.65. The van der Waals surface area contributed by atoms with Gasteiger partial charge in [0.05, 0.1) is 5.69 Å². The standard InChI is InChI=1S/C13H11ClN4/c1-8-7-12(10-3-5-11(14)6-4-10)17-18-9(2)15-16-13(8)18/h3-7H,1-2H3. The summed E-state index contributed by atoms with van der Waals surface area (Å²) in [5.41, 5.74) is 3.76. The maximum absolute atomic E-state index is 5.89. The molecule has 1 aromatic carbocycles. The molecule has 0 bridgehead atoms. The Hall–Kier alpha value is -1.94. The maximum Gasteiger partial charge on any atom is 0.180 e. The second-order valence-corrected chi connectivity index (χ2v) is 4.64. The summed E-state index contributed by atoms with van der Waals surface area (Å²) < 4.78 is 1.76. The fourth-order valence-corrected chi connectivity index (χ4v) is 2.02. The third kappa shape index (κ3) is 1.75. The molecule has 0 radical (unpaired) electrons. The van der Waals surface area contributed by atoms with Gasteiger partial charge in [0, 0.05) is 10.6 Å². The molecule has 0 fully saturated rings. The molecule has 0 aliphatic rings. The zero-order chi connectivity index (χ0) is 12.7. The van der Waals surface area contributed by atoms with Gasteiger partial charge in [-0.05, 0) is 37.6 Å². The first-order valence-corrected chi connectivity index (χ1v) is 5.98. The van der Waals surface area contributed by atoms with Crippen molar-refractivity contribution >= 4 is 17.2 Å². The third-order valence-electron chi connectivity index (χ3n) is 2.85. The number of rotatable bonds is 1. The van der Waals surface area contributed by atoms with E-state index in [0.29, 0.717) is 0 Å². The lowest BCUT2D eigenvalue weighted by molar-refractivity contribution is 0.876. The molecule has 0 atom stereocenters. The third-order valence-corrected chi connectivity index (χ3v) is 3.10. The molecule has 0 amide bonds. The molecular formula is C13H11ClN4. The van der Waals surface area contributed by atoms with E-state index in [9.17, 15) is 0 Å². The molecule has 0 saturated heterocycles. The highest BCUT2D eigenvalue weighted by molar-refractivity contribution is 6.30. The summed E-state index contributed by atoms with van der Waals surface area (Å²) in [4.78, 5) is 0. The number of hydrogen-bond donors (Lipinski definition) is 0. The van der Waals surface area contributed by atoms with Crippen molar-refractivity contribution in [3.8, 4) is 11.3 Å². The number of fused-ring (bicyclic) bond motifs is 1. The van der Waals surface area contributed by atoms with Gasteiger partial charge in [0.2, 0.25) is 0 Å². The lowest BCUT2D eigenvalue weighted by Gasteiger charge is -2.04. The molecule has 0 spiro atoms. The number of aryl methyl sites for hydroxylation is 2. The van der Waals surface area contributed by atoms with Gasteiger partial charge in [0.15, 0.2) is 11.5 Å². The quantitative estimate of drug-likeness (QED) is 0.674. The summed E-state index contributed by atoms with van der Waals surface area (Å²) >= 11 is 5.89. The van der Waals surface area contributed by atoms with E-state index in [0.717, 1.165) is 33.3 Å². The average Bonchev–Trinajstić information content (AvgIpc) is 2.73. The molecule has 5 heteroatoms. The van der Waals surface area contributed by atoms with Crippen molar-refractivity contribution in [3.05, 3.63) is 46.7 Å². The van der Waals surface area contributed by atoms with Crippen LogP contribution in [0.5, 0.6) is 0 Å². The molecule has 0 aliphatic heterocycles. The molecular weight excluding hydrogens is 248 g/mol. The first-order valence-electron chi connectivity index (χ1n) is 5.61. The van der Waals surface area contributed by atoms with Gasteiger partial charge < -0.3 is 0 Å². The molecule has 3 aromatic rings. The summed E-state index contributed by atoms with van der Waals surface area (Å²) in [6.45, 7) is 3.89. The van der Waals surface area contributed by atoms with Gasteiger partial charge in [-0.15, -0.1) is 10.2 Å². The van der Waals surface area contributed by atoms with Crippen LogP contribution in [0.2, 0.25) is 5.02 Å². The van der Waals surface area contributed by atoms with Crippen LogP contribution in [0.1, 0.15) is 11.4 Å². The van der Waals surface area contributed by atoms with Gasteiger partial charge in [0.25, 0.3) is 0 Å². The van der Waals surface area contributed by atoms with Gasteiger partial charge in [-0.25, -0.2) is 0 Å². The Kier molecular flexibility index (Phi) is 2.52. The molecule has 2 aromatic heterocycles. The molecule has 0 N–H and O–H groups in total. The van der Waals surface area contributed by atoms with Crippen molar-refractivity contribution in [2.75, 3.05) is 0 Å². The van der Waals surface area contributed by atoms with Gasteiger partial charge in [-0.2, -0.15) is 9.61 Å². The second-order valence-electron chi connectivity index (χ2n) is 4.20. The van der Waals surface area contributed by atoms with Crippen molar-refractivity contribution in [2.45, 2.75) is 13.8 Å². The highest BCUT2D eigenvalue weighted by Gasteiger charge is 2.08. The average molecular weight is 259 g/mol.